The summed E-state index contributed by atoms with van der Waals surface area (Å²) in [4.78, 5) is -0.00821. The molecule has 15 nitrogen and oxygen atoms in total. The second kappa shape index (κ2) is 24.2. The van der Waals surface area contributed by atoms with Crippen LogP contribution in [-0.4, -0.2) is 88.1 Å². The molecule has 0 saturated carbocycles. The summed E-state index contributed by atoms with van der Waals surface area (Å²) in [5, 5.41) is 17.3. The number of nitrogens with two attached hydrogens (primary N) is 2. The van der Waals surface area contributed by atoms with Gasteiger partial charge in [-0.3, -0.25) is 0 Å². The van der Waals surface area contributed by atoms with Gasteiger partial charge < -0.3 is 44.5 Å². The zero-order valence-electron chi connectivity index (χ0n) is 33.4. The monoisotopic (exact) mass is 834 g/mol. The third kappa shape index (κ3) is 16.4. The van der Waals surface area contributed by atoms with E-state index in [2.05, 4.69) is 10.6 Å². The molecule has 0 aliphatic heterocycles. The average Bonchev–Trinajstić information content (AvgIpc) is 3.16. The van der Waals surface area contributed by atoms with Gasteiger partial charge in [-0.25, -0.2) is 27.1 Å². The van der Waals surface area contributed by atoms with Crippen LogP contribution >= 0.6 is 0 Å². The maximum Gasteiger partial charge on any atom is 0.241 e. The van der Waals surface area contributed by atoms with Gasteiger partial charge in [0, 0.05) is 25.2 Å². The number of methoxy groups -OCH3 is 2. The van der Waals surface area contributed by atoms with Crippen LogP contribution in [0.15, 0.2) is 94.7 Å². The van der Waals surface area contributed by atoms with Gasteiger partial charge >= 0.3 is 0 Å². The van der Waals surface area contributed by atoms with Gasteiger partial charge in [0.2, 0.25) is 20.0 Å². The lowest BCUT2D eigenvalue weighted by Gasteiger charge is -2.16. The summed E-state index contributed by atoms with van der Waals surface area (Å²) in [6.45, 7) is 11.3. The minimum Gasteiger partial charge on any atom is -0.495 e. The summed E-state index contributed by atoms with van der Waals surface area (Å²) < 4.78 is 79.7. The minimum atomic E-state index is -3.84. The highest BCUT2D eigenvalue weighted by atomic mass is 32.2. The maximum atomic E-state index is 11.7. The third-order valence-electron chi connectivity index (χ3n) is 8.16. The number of nitrogens with one attached hydrogen (secondary N) is 2. The molecule has 0 aliphatic rings. The molecular weight excluding hydrogens is 777 g/mol. The van der Waals surface area contributed by atoms with Crippen LogP contribution in [0.2, 0.25) is 0 Å². The number of primary sulfonamides is 2. The Morgan fingerprint density at radius 2 is 0.877 bits per heavy atom. The number of hydrogen-bond acceptors (Lipinski definition) is 12. The van der Waals surface area contributed by atoms with E-state index in [0.717, 1.165) is 22.6 Å². The van der Waals surface area contributed by atoms with E-state index in [1.807, 2.05) is 88.4 Å². The molecule has 4 rings (SSSR count). The Hall–Kier alpha value is -4.62. The normalized spacial score (nSPS) is 12.2. The van der Waals surface area contributed by atoms with Crippen LogP contribution in [0.1, 0.15) is 38.8 Å². The number of rotatable bonds is 22. The van der Waals surface area contributed by atoms with Gasteiger partial charge in [-0.05, 0) is 100 Å². The van der Waals surface area contributed by atoms with Crippen molar-refractivity contribution in [1.29, 1.82) is 0 Å². The van der Waals surface area contributed by atoms with Crippen molar-refractivity contribution in [1.82, 2.24) is 10.6 Å². The molecule has 0 aromatic heterocycles. The molecule has 0 bridgehead atoms. The van der Waals surface area contributed by atoms with E-state index in [1.54, 1.807) is 24.3 Å². The molecule has 0 radical (unpaired) electrons. The number of hydrogen-bond donors (Lipinski definition) is 4. The van der Waals surface area contributed by atoms with Crippen molar-refractivity contribution < 1.29 is 50.7 Å². The first-order chi connectivity index (χ1) is 26.7. The molecule has 0 amide bonds. The lowest BCUT2D eigenvalue weighted by atomic mass is 10.1. The Morgan fingerprint density at radius 3 is 1.18 bits per heavy atom. The second-order valence-electron chi connectivity index (χ2n) is 12.6. The fourth-order valence-electron chi connectivity index (χ4n) is 5.61. The highest BCUT2D eigenvalue weighted by Crippen LogP contribution is 2.28. The minimum absolute atomic E-state index is 0. The maximum absolute atomic E-state index is 11.7. The van der Waals surface area contributed by atoms with Crippen molar-refractivity contribution in [3.8, 4) is 34.5 Å². The first-order valence-electron chi connectivity index (χ1n) is 18.3. The predicted molar refractivity (Wildman–Crippen MR) is 221 cm³/mol. The van der Waals surface area contributed by atoms with Crippen molar-refractivity contribution in [2.75, 3.05) is 53.7 Å². The van der Waals surface area contributed by atoms with Crippen molar-refractivity contribution >= 4 is 20.0 Å². The van der Waals surface area contributed by atoms with Crippen molar-refractivity contribution in [3.05, 3.63) is 96.1 Å². The van der Waals surface area contributed by atoms with E-state index >= 15 is 0 Å². The van der Waals surface area contributed by atoms with Crippen LogP contribution < -0.4 is 49.3 Å². The van der Waals surface area contributed by atoms with Crippen LogP contribution in [-0.2, 0) is 32.9 Å². The number of para-hydroxylation sites is 4. The van der Waals surface area contributed by atoms with Crippen molar-refractivity contribution in [3.63, 3.8) is 0 Å². The Morgan fingerprint density at radius 1 is 0.544 bits per heavy atom. The molecule has 57 heavy (non-hydrogen) atoms. The topological polar surface area (TPSA) is 231 Å². The Kier molecular flexibility index (Phi) is 20.6. The van der Waals surface area contributed by atoms with Crippen LogP contribution in [0.25, 0.3) is 0 Å². The van der Waals surface area contributed by atoms with Crippen molar-refractivity contribution in [2.45, 2.75) is 62.4 Å². The first-order valence-corrected chi connectivity index (χ1v) is 21.3. The van der Waals surface area contributed by atoms with Crippen molar-refractivity contribution in [2.24, 2.45) is 10.3 Å². The van der Waals surface area contributed by atoms with Crippen LogP contribution in [0, 0.1) is 0 Å². The smallest absolute Gasteiger partial charge is 0.241 e. The molecule has 17 heteroatoms. The Bertz CT molecular complexity index is 1890. The Labute approximate surface area is 337 Å². The fraction of sp³-hybridized carbons (Fsp3) is 0.400. The third-order valence-corrected chi connectivity index (χ3v) is 10.0. The molecule has 2 atom stereocenters. The fourth-order valence-corrected chi connectivity index (χ4v) is 7.11. The number of ether oxygens (including phenoxy) is 6. The molecule has 0 unspecified atom stereocenters. The first kappa shape index (κ1) is 48.5. The van der Waals surface area contributed by atoms with Crippen LogP contribution in [0.4, 0.5) is 0 Å². The van der Waals surface area contributed by atoms with E-state index in [1.165, 1.54) is 14.2 Å². The largest absolute Gasteiger partial charge is 0.495 e. The van der Waals surface area contributed by atoms with E-state index < -0.39 is 20.0 Å². The van der Waals surface area contributed by atoms with E-state index in [0.29, 0.717) is 63.9 Å². The van der Waals surface area contributed by atoms with Gasteiger partial charge in [0.05, 0.1) is 27.4 Å². The molecule has 8 N–H and O–H groups in total. The average molecular weight is 835 g/mol. The number of sulfonamides is 2. The molecule has 316 valence electrons. The molecule has 4 aromatic rings. The summed E-state index contributed by atoms with van der Waals surface area (Å²) in [7, 11) is -4.85. The molecule has 0 aliphatic carbocycles. The molecule has 0 saturated heterocycles. The quantitative estimate of drug-likeness (QED) is 0.0828. The molecular formula is C40H58N4O11S2. The highest BCUT2D eigenvalue weighted by Gasteiger charge is 2.18. The summed E-state index contributed by atoms with van der Waals surface area (Å²) >= 11 is 0. The lowest BCUT2D eigenvalue weighted by Crippen LogP contribution is -2.32. The molecule has 0 fully saturated rings. The summed E-state index contributed by atoms with van der Waals surface area (Å²) in [5.74, 6) is 3.37. The standard InChI is InChI=1S/2C20H28N2O5S.H2O/c2*1-4-26-17-7-5-6-8-18(17)27-12-11-22-15(2)13-16-9-10-19(25-3)20(14-16)28(21,23)24;/h2*5-10,14-15,22H,4,11-13H2,1-3H3,(H2,21,23,24);1H2/t2*15-;/m11./s1. The van der Waals surface area contributed by atoms with Gasteiger partial charge in [0.1, 0.15) is 34.5 Å². The summed E-state index contributed by atoms with van der Waals surface area (Å²) in [5.41, 5.74) is 1.71. The molecule has 0 spiro atoms. The molecule has 4 aromatic carbocycles. The van der Waals surface area contributed by atoms with Gasteiger partial charge in [-0.15, -0.1) is 0 Å². The van der Waals surface area contributed by atoms with E-state index in [9.17, 15) is 16.8 Å². The van der Waals surface area contributed by atoms with E-state index in [4.69, 9.17) is 38.7 Å². The zero-order valence-corrected chi connectivity index (χ0v) is 35.1. The Balaban J connectivity index is 0.000000387. The van der Waals surface area contributed by atoms with Gasteiger partial charge in [-0.2, -0.15) is 0 Å². The summed E-state index contributed by atoms with van der Waals surface area (Å²) in [6.07, 6.45) is 1.28. The van der Waals surface area contributed by atoms with Gasteiger partial charge in [-0.1, -0.05) is 36.4 Å². The lowest BCUT2D eigenvalue weighted by molar-refractivity contribution is 0.272. The predicted octanol–water partition coefficient (Wildman–Crippen LogP) is 3.86. The highest BCUT2D eigenvalue weighted by molar-refractivity contribution is 7.89. The molecule has 0 heterocycles. The van der Waals surface area contributed by atoms with Gasteiger partial charge in [0.15, 0.2) is 23.0 Å². The van der Waals surface area contributed by atoms with Crippen LogP contribution in [0.5, 0.6) is 34.5 Å². The van der Waals surface area contributed by atoms with Crippen LogP contribution in [0.3, 0.4) is 0 Å². The summed E-state index contributed by atoms with van der Waals surface area (Å²) in [6, 6.07) is 25.4. The van der Waals surface area contributed by atoms with Gasteiger partial charge in [0.25, 0.3) is 0 Å². The zero-order chi connectivity index (χ0) is 41.1. The number of benzene rings is 4. The van der Waals surface area contributed by atoms with E-state index in [-0.39, 0.29) is 38.8 Å². The second-order valence-corrected chi connectivity index (χ2v) is 15.7. The SMILES string of the molecule is CCOc1ccccc1OCCN[C@H](C)Cc1ccc(OC)c(S(N)(=O)=O)c1.CCOc1ccccc1OCCN[C@H](C)Cc1ccc(OC)c(S(N)(=O)=O)c1.O.